The second kappa shape index (κ2) is 6.30. The summed E-state index contributed by atoms with van der Waals surface area (Å²) in [5.74, 6) is -0.389. The van der Waals surface area contributed by atoms with Gasteiger partial charge in [-0.05, 0) is 17.9 Å². The van der Waals surface area contributed by atoms with Gasteiger partial charge in [0.2, 0.25) is 5.91 Å². The fourth-order valence-corrected chi connectivity index (χ4v) is 2.92. The lowest BCUT2D eigenvalue weighted by molar-refractivity contribution is -0.163. The maximum Gasteiger partial charge on any atom is 0.406 e. The Hall–Kier alpha value is -2.31. The molecule has 1 amide bonds. The Balaban J connectivity index is 1.73. The van der Waals surface area contributed by atoms with Crippen molar-refractivity contribution in [3.63, 3.8) is 0 Å². The first kappa shape index (κ1) is 16.5. The summed E-state index contributed by atoms with van der Waals surface area (Å²) in [7, 11) is 1.70. The molecule has 2 aromatic rings. The van der Waals surface area contributed by atoms with Crippen molar-refractivity contribution < 1.29 is 18.0 Å². The fourth-order valence-electron chi connectivity index (χ4n) is 2.92. The molecule has 24 heavy (non-hydrogen) atoms. The molecule has 1 aromatic heterocycles. The molecule has 1 aromatic carbocycles. The third-order valence-electron chi connectivity index (χ3n) is 4.27. The van der Waals surface area contributed by atoms with Gasteiger partial charge in [-0.1, -0.05) is 30.3 Å². The third-order valence-corrected chi connectivity index (χ3v) is 4.27. The van der Waals surface area contributed by atoms with Gasteiger partial charge in [0.05, 0.1) is 6.54 Å². The van der Waals surface area contributed by atoms with Gasteiger partial charge in [0.25, 0.3) is 0 Å². The van der Waals surface area contributed by atoms with Crippen LogP contribution < -0.4 is 0 Å². The number of benzene rings is 1. The van der Waals surface area contributed by atoms with Crippen molar-refractivity contribution in [2.75, 3.05) is 6.54 Å². The van der Waals surface area contributed by atoms with Crippen molar-refractivity contribution in [3.05, 3.63) is 54.1 Å². The molecule has 0 bridgehead atoms. The van der Waals surface area contributed by atoms with Crippen LogP contribution in [0.1, 0.15) is 23.7 Å². The summed E-state index contributed by atoms with van der Waals surface area (Å²) in [6.45, 7) is -1.39. The molecule has 0 aliphatic heterocycles. The number of hydrogen-bond donors (Lipinski definition) is 0. The number of aryl methyl sites for hydroxylation is 1. The number of carbonyl (C=O) groups is 1. The summed E-state index contributed by atoms with van der Waals surface area (Å²) in [5.41, 5.74) is 1.000. The van der Waals surface area contributed by atoms with E-state index in [1.807, 2.05) is 30.3 Å². The van der Waals surface area contributed by atoms with E-state index in [1.165, 1.54) is 6.20 Å². The number of imidazole rings is 1. The van der Waals surface area contributed by atoms with Crippen LogP contribution in [0.4, 0.5) is 13.2 Å². The quantitative estimate of drug-likeness (QED) is 0.841. The summed E-state index contributed by atoms with van der Waals surface area (Å²) < 4.78 is 40.3. The highest BCUT2D eigenvalue weighted by Gasteiger charge is 2.47. The molecule has 7 heteroatoms. The molecule has 0 saturated heterocycles. The van der Waals surface area contributed by atoms with Crippen LogP contribution >= 0.6 is 0 Å². The Bertz CT molecular complexity index is 711. The van der Waals surface area contributed by atoms with E-state index in [0.29, 0.717) is 12.2 Å². The van der Waals surface area contributed by atoms with E-state index in [9.17, 15) is 18.0 Å². The highest BCUT2D eigenvalue weighted by molar-refractivity contribution is 5.83. The molecule has 128 valence electrons. The Morgan fingerprint density at radius 1 is 1.33 bits per heavy atom. The van der Waals surface area contributed by atoms with Crippen molar-refractivity contribution in [3.8, 4) is 0 Å². The van der Waals surface area contributed by atoms with Crippen molar-refractivity contribution in [1.29, 1.82) is 0 Å². The molecule has 3 rings (SSSR count). The van der Waals surface area contributed by atoms with Gasteiger partial charge < -0.3 is 9.47 Å². The topological polar surface area (TPSA) is 38.1 Å². The lowest BCUT2D eigenvalue weighted by atomic mass is 10.1. The predicted molar refractivity (Wildman–Crippen MR) is 82.0 cm³/mol. The van der Waals surface area contributed by atoms with E-state index < -0.39 is 18.6 Å². The Morgan fingerprint density at radius 3 is 2.62 bits per heavy atom. The lowest BCUT2D eigenvalue weighted by Crippen LogP contribution is -2.40. The van der Waals surface area contributed by atoms with Crippen molar-refractivity contribution in [2.45, 2.75) is 25.1 Å². The zero-order valence-electron chi connectivity index (χ0n) is 13.2. The van der Waals surface area contributed by atoms with Crippen LogP contribution in [0.25, 0.3) is 0 Å². The van der Waals surface area contributed by atoms with E-state index >= 15 is 0 Å². The van der Waals surface area contributed by atoms with Gasteiger partial charge in [0.1, 0.15) is 12.4 Å². The SMILES string of the molecule is Cn1ccnc1CN(CC(F)(F)F)C(=O)[C@@H]1C[C@H]1c1ccccc1. The van der Waals surface area contributed by atoms with E-state index in [4.69, 9.17) is 0 Å². The van der Waals surface area contributed by atoms with Crippen LogP contribution in [0.3, 0.4) is 0 Å². The first-order valence-electron chi connectivity index (χ1n) is 7.72. The second-order valence-electron chi connectivity index (χ2n) is 6.12. The highest BCUT2D eigenvalue weighted by Crippen LogP contribution is 2.48. The Labute approximate surface area is 137 Å². The van der Waals surface area contributed by atoms with Gasteiger partial charge in [0.15, 0.2) is 0 Å². The predicted octanol–water partition coefficient (Wildman–Crippen LogP) is 3.11. The van der Waals surface area contributed by atoms with Gasteiger partial charge in [-0.3, -0.25) is 4.79 Å². The Kier molecular flexibility index (Phi) is 4.34. The molecule has 0 N–H and O–H groups in total. The molecular formula is C17H18F3N3O. The zero-order valence-corrected chi connectivity index (χ0v) is 13.2. The van der Waals surface area contributed by atoms with Crippen molar-refractivity contribution in [2.24, 2.45) is 13.0 Å². The standard InChI is InChI=1S/C17H18F3N3O/c1-22-8-7-21-15(22)10-23(11-17(18,19)20)16(24)14-9-13(14)12-5-3-2-4-6-12/h2-8,13-14H,9-11H2,1H3/t13-,14+/m0/s1. The molecular weight excluding hydrogens is 319 g/mol. The van der Waals surface area contributed by atoms with E-state index in [2.05, 4.69) is 4.98 Å². The van der Waals surface area contributed by atoms with E-state index in [0.717, 1.165) is 10.5 Å². The minimum absolute atomic E-state index is 0.0100. The van der Waals surface area contributed by atoms with E-state index in [-0.39, 0.29) is 18.4 Å². The third kappa shape index (κ3) is 3.77. The normalized spacial score (nSPS) is 20.0. The summed E-state index contributed by atoms with van der Waals surface area (Å²) in [6, 6.07) is 9.43. The maximum absolute atomic E-state index is 12.9. The highest BCUT2D eigenvalue weighted by atomic mass is 19.4. The van der Waals surface area contributed by atoms with Crippen LogP contribution in [0, 0.1) is 5.92 Å². The summed E-state index contributed by atoms with van der Waals surface area (Å²) in [4.78, 5) is 17.5. The molecule has 0 spiro atoms. The Morgan fingerprint density at radius 2 is 2.04 bits per heavy atom. The van der Waals surface area contributed by atoms with Gasteiger partial charge in [-0.15, -0.1) is 0 Å². The number of halogens is 3. The first-order valence-corrected chi connectivity index (χ1v) is 7.72. The van der Waals surface area contributed by atoms with E-state index in [1.54, 1.807) is 17.8 Å². The molecule has 1 fully saturated rings. The summed E-state index contributed by atoms with van der Waals surface area (Å²) in [5, 5.41) is 0. The van der Waals surface area contributed by atoms with Crippen molar-refractivity contribution >= 4 is 5.91 Å². The number of aromatic nitrogens is 2. The lowest BCUT2D eigenvalue weighted by Gasteiger charge is -2.24. The van der Waals surface area contributed by atoms with Gasteiger partial charge >= 0.3 is 6.18 Å². The van der Waals surface area contributed by atoms with Gasteiger partial charge in [-0.2, -0.15) is 13.2 Å². The molecule has 1 saturated carbocycles. The number of nitrogens with zero attached hydrogens (tertiary/aromatic N) is 3. The number of amides is 1. The van der Waals surface area contributed by atoms with Crippen LogP contribution in [-0.2, 0) is 18.4 Å². The van der Waals surface area contributed by atoms with Gasteiger partial charge in [-0.25, -0.2) is 4.98 Å². The number of carbonyl (C=O) groups excluding carboxylic acids is 1. The summed E-state index contributed by atoms with van der Waals surface area (Å²) in [6.07, 6.45) is -0.680. The number of hydrogen-bond acceptors (Lipinski definition) is 2. The van der Waals surface area contributed by atoms with Crippen LogP contribution in [0.15, 0.2) is 42.7 Å². The smallest absolute Gasteiger partial charge is 0.337 e. The average molecular weight is 337 g/mol. The van der Waals surface area contributed by atoms with Crippen molar-refractivity contribution in [1.82, 2.24) is 14.5 Å². The second-order valence-corrected chi connectivity index (χ2v) is 6.12. The molecule has 1 aliphatic rings. The fraction of sp³-hybridized carbons (Fsp3) is 0.412. The number of alkyl halides is 3. The van der Waals surface area contributed by atoms with Crippen LogP contribution in [0.5, 0.6) is 0 Å². The minimum atomic E-state index is -4.43. The maximum atomic E-state index is 12.9. The van der Waals surface area contributed by atoms with Gasteiger partial charge in [0, 0.05) is 25.4 Å². The zero-order chi connectivity index (χ0) is 17.3. The van der Waals surface area contributed by atoms with Crippen LogP contribution in [-0.4, -0.2) is 33.1 Å². The molecule has 0 unspecified atom stereocenters. The molecule has 4 nitrogen and oxygen atoms in total. The minimum Gasteiger partial charge on any atom is -0.337 e. The average Bonchev–Trinajstić information content (AvgIpc) is 3.23. The summed E-state index contributed by atoms with van der Waals surface area (Å²) >= 11 is 0. The first-order chi connectivity index (χ1) is 11.3. The molecule has 2 atom stereocenters. The molecule has 1 heterocycles. The molecule has 1 aliphatic carbocycles. The molecule has 0 radical (unpaired) electrons. The monoisotopic (exact) mass is 337 g/mol. The number of rotatable bonds is 5. The van der Waals surface area contributed by atoms with Crippen LogP contribution in [0.2, 0.25) is 0 Å². The largest absolute Gasteiger partial charge is 0.406 e.